The van der Waals surface area contributed by atoms with Crippen molar-refractivity contribution in [2.45, 2.75) is 38.6 Å². The summed E-state index contributed by atoms with van der Waals surface area (Å²) in [5, 5.41) is 15.3. The number of amides is 1. The van der Waals surface area contributed by atoms with Crippen LogP contribution in [-0.2, 0) is 26.0 Å². The molecule has 1 aliphatic rings. The monoisotopic (exact) mass is 517 g/mol. The summed E-state index contributed by atoms with van der Waals surface area (Å²) in [6.45, 7) is 3.91. The Morgan fingerprint density at radius 2 is 1.97 bits per heavy atom. The number of carbonyl (C=O) groups is 2. The van der Waals surface area contributed by atoms with Crippen LogP contribution in [0.5, 0.6) is 0 Å². The Bertz CT molecular complexity index is 1010. The maximum absolute atomic E-state index is 12.5. The number of carboxylic acid groups (broad SMARTS) is 1. The molecule has 1 aliphatic heterocycles. The number of carboxylic acids is 1. The second-order valence-corrected chi connectivity index (χ2v) is 12.1. The van der Waals surface area contributed by atoms with Crippen LogP contribution in [0.15, 0.2) is 12.1 Å². The summed E-state index contributed by atoms with van der Waals surface area (Å²) in [6, 6.07) is 2.49. The number of sulfonamides is 1. The second-order valence-electron chi connectivity index (χ2n) is 8.02. The lowest BCUT2D eigenvalue weighted by Crippen LogP contribution is -2.49. The van der Waals surface area contributed by atoms with E-state index in [0.29, 0.717) is 11.5 Å². The van der Waals surface area contributed by atoms with Crippen LogP contribution >= 0.6 is 22.7 Å². The summed E-state index contributed by atoms with van der Waals surface area (Å²) >= 11 is 3.05. The number of aliphatic carboxylic acids is 1. The number of aryl methyl sites for hydroxylation is 1. The fourth-order valence-electron chi connectivity index (χ4n) is 3.69. The number of nitrogens with one attached hydrogen (secondary N) is 3. The Kier molecular flexibility index (Phi) is 9.65. The van der Waals surface area contributed by atoms with Gasteiger partial charge in [0.2, 0.25) is 10.0 Å². The maximum atomic E-state index is 12.5. The minimum atomic E-state index is -3.85. The zero-order valence-corrected chi connectivity index (χ0v) is 21.0. The SMILES string of the molecule is CCOCCS(=O)(=O)N[C@@H](CNC(=O)c1cc2sc(CCC3CCNCC3)cc2s1)C(=O)O. The second kappa shape index (κ2) is 12.2. The third kappa shape index (κ3) is 8.01. The Morgan fingerprint density at radius 1 is 1.24 bits per heavy atom. The summed E-state index contributed by atoms with van der Waals surface area (Å²) in [5.74, 6) is -1.36. The fraction of sp³-hybridized carbons (Fsp3) is 0.619. The molecule has 4 N–H and O–H groups in total. The van der Waals surface area contributed by atoms with Crippen LogP contribution in [0.2, 0.25) is 0 Å². The summed E-state index contributed by atoms with van der Waals surface area (Å²) in [4.78, 5) is 25.8. The minimum Gasteiger partial charge on any atom is -0.480 e. The largest absolute Gasteiger partial charge is 0.480 e. The molecule has 1 fully saturated rings. The highest BCUT2D eigenvalue weighted by Gasteiger charge is 2.25. The molecule has 2 aromatic rings. The van der Waals surface area contributed by atoms with E-state index in [1.54, 1.807) is 18.3 Å². The molecule has 12 heteroatoms. The first-order valence-electron chi connectivity index (χ1n) is 11.1. The molecule has 1 amide bonds. The van der Waals surface area contributed by atoms with Crippen LogP contribution in [0.25, 0.3) is 9.40 Å². The van der Waals surface area contributed by atoms with E-state index in [2.05, 4.69) is 21.4 Å². The van der Waals surface area contributed by atoms with Crippen LogP contribution in [-0.4, -0.2) is 70.0 Å². The van der Waals surface area contributed by atoms with Gasteiger partial charge >= 0.3 is 5.97 Å². The molecule has 0 saturated carbocycles. The lowest BCUT2D eigenvalue weighted by atomic mass is 9.93. The molecule has 0 bridgehead atoms. The van der Waals surface area contributed by atoms with Gasteiger partial charge in [0.1, 0.15) is 6.04 Å². The molecule has 9 nitrogen and oxygen atoms in total. The molecule has 1 saturated heterocycles. The summed E-state index contributed by atoms with van der Waals surface area (Å²) < 4.78 is 33.3. The van der Waals surface area contributed by atoms with E-state index in [9.17, 15) is 23.1 Å². The number of thiophene rings is 2. The molecule has 2 aromatic heterocycles. The topological polar surface area (TPSA) is 134 Å². The predicted molar refractivity (Wildman–Crippen MR) is 131 cm³/mol. The molecule has 1 atom stereocenters. The van der Waals surface area contributed by atoms with Crippen LogP contribution in [0.1, 0.15) is 40.7 Å². The Hall–Kier alpha value is -1.57. The highest BCUT2D eigenvalue weighted by molar-refractivity contribution is 7.89. The van der Waals surface area contributed by atoms with Gasteiger partial charge in [0.25, 0.3) is 5.91 Å². The van der Waals surface area contributed by atoms with E-state index in [0.717, 1.165) is 34.8 Å². The quantitative estimate of drug-likeness (QED) is 0.299. The molecule has 0 aromatic carbocycles. The van der Waals surface area contributed by atoms with Crippen LogP contribution in [0, 0.1) is 5.92 Å². The zero-order chi connectivity index (χ0) is 23.8. The molecule has 33 heavy (non-hydrogen) atoms. The van der Waals surface area contributed by atoms with Crippen molar-refractivity contribution in [1.29, 1.82) is 0 Å². The van der Waals surface area contributed by atoms with Gasteiger partial charge in [-0.1, -0.05) is 0 Å². The maximum Gasteiger partial charge on any atom is 0.323 e. The molecule has 3 heterocycles. The van der Waals surface area contributed by atoms with Crippen LogP contribution in [0.4, 0.5) is 0 Å². The van der Waals surface area contributed by atoms with E-state index in [1.165, 1.54) is 35.5 Å². The first-order valence-corrected chi connectivity index (χ1v) is 14.4. The Morgan fingerprint density at radius 3 is 2.64 bits per heavy atom. The Balaban J connectivity index is 1.52. The van der Waals surface area contributed by atoms with Gasteiger partial charge in [-0.25, -0.2) is 8.42 Å². The molecular weight excluding hydrogens is 486 g/mol. The average molecular weight is 518 g/mol. The molecule has 184 valence electrons. The van der Waals surface area contributed by atoms with Crippen LogP contribution < -0.4 is 15.4 Å². The van der Waals surface area contributed by atoms with Crippen molar-refractivity contribution in [2.75, 3.05) is 38.6 Å². The standard InChI is InChI=1S/C21H31N3O6S3/c1-2-30-9-10-33(28,29)24-16(21(26)27)13-23-20(25)19-12-18-17(32-19)11-15(31-18)4-3-14-5-7-22-8-6-14/h11-12,14,16,22,24H,2-10,13H2,1H3,(H,23,25)(H,26,27)/t16-/m0/s1. The highest BCUT2D eigenvalue weighted by Crippen LogP contribution is 2.34. The number of ether oxygens (including phenoxy) is 1. The van der Waals surface area contributed by atoms with Crippen molar-refractivity contribution in [2.24, 2.45) is 5.92 Å². The predicted octanol–water partition coefficient (Wildman–Crippen LogP) is 2.03. The van der Waals surface area contributed by atoms with Crippen molar-refractivity contribution < 1.29 is 27.9 Å². The van der Waals surface area contributed by atoms with E-state index < -0.39 is 27.9 Å². The van der Waals surface area contributed by atoms with Gasteiger partial charge in [-0.05, 0) is 63.7 Å². The van der Waals surface area contributed by atoms with Crippen molar-refractivity contribution in [3.8, 4) is 0 Å². The van der Waals surface area contributed by atoms with Crippen LogP contribution in [0.3, 0.4) is 0 Å². The normalized spacial score (nSPS) is 16.2. The van der Waals surface area contributed by atoms with Gasteiger partial charge in [-0.2, -0.15) is 4.72 Å². The number of carbonyl (C=O) groups excluding carboxylic acids is 1. The number of fused-ring (bicyclic) bond motifs is 1. The molecular formula is C21H31N3O6S3. The van der Waals surface area contributed by atoms with Gasteiger partial charge in [-0.3, -0.25) is 9.59 Å². The number of piperidine rings is 1. The number of hydrogen-bond donors (Lipinski definition) is 4. The summed E-state index contributed by atoms with van der Waals surface area (Å²) in [5.41, 5.74) is 0. The highest BCUT2D eigenvalue weighted by atomic mass is 32.2. The third-order valence-corrected chi connectivity index (χ3v) is 9.23. The molecule has 0 aliphatic carbocycles. The molecule has 0 spiro atoms. The summed E-state index contributed by atoms with van der Waals surface area (Å²) in [6.07, 6.45) is 4.68. The first-order chi connectivity index (χ1) is 15.8. The third-order valence-electron chi connectivity index (χ3n) is 5.53. The van der Waals surface area contributed by atoms with Crippen molar-refractivity contribution in [3.05, 3.63) is 21.9 Å². The smallest absolute Gasteiger partial charge is 0.323 e. The van der Waals surface area contributed by atoms with Gasteiger partial charge in [-0.15, -0.1) is 22.7 Å². The number of rotatable bonds is 13. The molecule has 0 unspecified atom stereocenters. The lowest BCUT2D eigenvalue weighted by Gasteiger charge is -2.22. The zero-order valence-electron chi connectivity index (χ0n) is 18.6. The first kappa shape index (κ1) is 26.0. The van der Waals surface area contributed by atoms with E-state index >= 15 is 0 Å². The van der Waals surface area contributed by atoms with Gasteiger partial charge in [0.05, 0.1) is 17.2 Å². The average Bonchev–Trinajstić information content (AvgIpc) is 3.34. The van der Waals surface area contributed by atoms with Crippen molar-refractivity contribution >= 4 is 54.0 Å². The van der Waals surface area contributed by atoms with Gasteiger partial charge < -0.3 is 20.5 Å². The minimum absolute atomic E-state index is 0.0314. The van der Waals surface area contributed by atoms with E-state index in [1.807, 2.05) is 6.07 Å². The van der Waals surface area contributed by atoms with Gasteiger partial charge in [0.15, 0.2) is 0 Å². The molecule has 3 rings (SSSR count). The summed E-state index contributed by atoms with van der Waals surface area (Å²) in [7, 11) is -3.85. The molecule has 0 radical (unpaired) electrons. The van der Waals surface area contributed by atoms with E-state index in [4.69, 9.17) is 4.74 Å². The number of hydrogen-bond acceptors (Lipinski definition) is 8. The van der Waals surface area contributed by atoms with Crippen molar-refractivity contribution in [1.82, 2.24) is 15.4 Å². The fourth-order valence-corrected chi connectivity index (χ4v) is 7.11. The van der Waals surface area contributed by atoms with E-state index in [-0.39, 0.29) is 18.9 Å². The Labute approximate surface area is 202 Å². The van der Waals surface area contributed by atoms with Crippen molar-refractivity contribution in [3.63, 3.8) is 0 Å². The van der Waals surface area contributed by atoms with Gasteiger partial charge in [0, 0.05) is 27.4 Å². The lowest BCUT2D eigenvalue weighted by molar-refractivity contribution is -0.138.